The Labute approximate surface area is 108 Å². The summed E-state index contributed by atoms with van der Waals surface area (Å²) in [6.07, 6.45) is 0.0635. The molecule has 0 heterocycles. The van der Waals surface area contributed by atoms with Crippen molar-refractivity contribution >= 4 is 5.91 Å². The van der Waals surface area contributed by atoms with Crippen molar-refractivity contribution < 1.29 is 14.3 Å². The SMILES string of the molecule is COc1ccccc1CN(C)C(=O)COC(C)C. The normalized spacial score (nSPS) is 10.5. The predicted molar refractivity (Wildman–Crippen MR) is 70.6 cm³/mol. The van der Waals surface area contributed by atoms with E-state index in [-0.39, 0.29) is 18.6 Å². The summed E-state index contributed by atoms with van der Waals surface area (Å²) >= 11 is 0. The Balaban J connectivity index is 2.58. The third kappa shape index (κ3) is 4.37. The first-order valence-corrected chi connectivity index (χ1v) is 6.02. The lowest BCUT2D eigenvalue weighted by Gasteiger charge is -2.19. The number of amides is 1. The first kappa shape index (κ1) is 14.5. The molecule has 0 bridgehead atoms. The van der Waals surface area contributed by atoms with Gasteiger partial charge in [0.2, 0.25) is 5.91 Å². The van der Waals surface area contributed by atoms with Gasteiger partial charge in [-0.15, -0.1) is 0 Å². The lowest BCUT2D eigenvalue weighted by Crippen LogP contribution is -2.30. The van der Waals surface area contributed by atoms with Crippen LogP contribution in [-0.4, -0.2) is 37.7 Å². The van der Waals surface area contributed by atoms with Gasteiger partial charge in [-0.2, -0.15) is 0 Å². The molecule has 1 aromatic carbocycles. The highest BCUT2D eigenvalue weighted by Gasteiger charge is 2.12. The number of hydrogen-bond donors (Lipinski definition) is 0. The van der Waals surface area contributed by atoms with Gasteiger partial charge < -0.3 is 14.4 Å². The molecule has 0 N–H and O–H groups in total. The van der Waals surface area contributed by atoms with Crippen molar-refractivity contribution in [2.45, 2.75) is 26.5 Å². The summed E-state index contributed by atoms with van der Waals surface area (Å²) in [6.45, 7) is 4.45. The van der Waals surface area contributed by atoms with E-state index in [0.717, 1.165) is 11.3 Å². The Hall–Kier alpha value is -1.55. The molecule has 0 aliphatic carbocycles. The first-order valence-electron chi connectivity index (χ1n) is 6.02. The highest BCUT2D eigenvalue weighted by molar-refractivity contribution is 5.77. The van der Waals surface area contributed by atoms with E-state index in [2.05, 4.69) is 0 Å². The average molecular weight is 251 g/mol. The van der Waals surface area contributed by atoms with Crippen molar-refractivity contribution in [1.29, 1.82) is 0 Å². The van der Waals surface area contributed by atoms with Crippen molar-refractivity contribution in [2.75, 3.05) is 20.8 Å². The van der Waals surface area contributed by atoms with E-state index in [4.69, 9.17) is 9.47 Å². The lowest BCUT2D eigenvalue weighted by molar-refractivity contribution is -0.136. The van der Waals surface area contributed by atoms with E-state index in [1.807, 2.05) is 38.1 Å². The van der Waals surface area contributed by atoms with Gasteiger partial charge in [0.1, 0.15) is 12.4 Å². The Morgan fingerprint density at radius 1 is 1.33 bits per heavy atom. The summed E-state index contributed by atoms with van der Waals surface area (Å²) in [5, 5.41) is 0. The number of nitrogens with zero attached hydrogens (tertiary/aromatic N) is 1. The minimum Gasteiger partial charge on any atom is -0.496 e. The van der Waals surface area contributed by atoms with Gasteiger partial charge in [-0.05, 0) is 19.9 Å². The molecule has 0 aliphatic heterocycles. The molecule has 0 atom stereocenters. The summed E-state index contributed by atoms with van der Waals surface area (Å²) in [7, 11) is 3.39. The summed E-state index contributed by atoms with van der Waals surface area (Å²) < 4.78 is 10.6. The summed E-state index contributed by atoms with van der Waals surface area (Å²) in [5.74, 6) is 0.761. The van der Waals surface area contributed by atoms with Crippen LogP contribution in [0.2, 0.25) is 0 Å². The third-order valence-corrected chi connectivity index (χ3v) is 2.57. The molecule has 0 aromatic heterocycles. The van der Waals surface area contributed by atoms with Crippen LogP contribution in [0, 0.1) is 0 Å². The maximum absolute atomic E-state index is 11.8. The zero-order chi connectivity index (χ0) is 13.5. The van der Waals surface area contributed by atoms with E-state index in [0.29, 0.717) is 6.54 Å². The molecule has 1 aromatic rings. The van der Waals surface area contributed by atoms with E-state index in [1.54, 1.807) is 19.1 Å². The Morgan fingerprint density at radius 3 is 2.61 bits per heavy atom. The Bertz CT molecular complexity index is 390. The maximum Gasteiger partial charge on any atom is 0.248 e. The van der Waals surface area contributed by atoms with Crippen LogP contribution >= 0.6 is 0 Å². The number of ether oxygens (including phenoxy) is 2. The molecular formula is C14H21NO3. The van der Waals surface area contributed by atoms with Gasteiger partial charge in [-0.25, -0.2) is 0 Å². The van der Waals surface area contributed by atoms with E-state index >= 15 is 0 Å². The fraction of sp³-hybridized carbons (Fsp3) is 0.500. The van der Waals surface area contributed by atoms with Crippen molar-refractivity contribution in [3.8, 4) is 5.75 Å². The van der Waals surface area contributed by atoms with Crippen molar-refractivity contribution in [3.63, 3.8) is 0 Å². The predicted octanol–water partition coefficient (Wildman–Crippen LogP) is 2.08. The number of methoxy groups -OCH3 is 1. The zero-order valence-corrected chi connectivity index (χ0v) is 11.5. The molecule has 100 valence electrons. The Morgan fingerprint density at radius 2 is 2.00 bits per heavy atom. The van der Waals surface area contributed by atoms with Gasteiger partial charge in [0.05, 0.1) is 13.2 Å². The molecule has 0 aliphatic rings. The van der Waals surface area contributed by atoms with Crippen molar-refractivity contribution in [2.24, 2.45) is 0 Å². The molecular weight excluding hydrogens is 230 g/mol. The van der Waals surface area contributed by atoms with Gasteiger partial charge in [-0.3, -0.25) is 4.79 Å². The van der Waals surface area contributed by atoms with Crippen LogP contribution < -0.4 is 4.74 Å². The second-order valence-corrected chi connectivity index (χ2v) is 4.42. The van der Waals surface area contributed by atoms with Crippen LogP contribution in [0.4, 0.5) is 0 Å². The second kappa shape index (κ2) is 7.01. The first-order chi connectivity index (χ1) is 8.54. The quantitative estimate of drug-likeness (QED) is 0.777. The van der Waals surface area contributed by atoms with Crippen LogP contribution in [0.3, 0.4) is 0 Å². The van der Waals surface area contributed by atoms with Gasteiger partial charge in [0.25, 0.3) is 0 Å². The van der Waals surface area contributed by atoms with Gasteiger partial charge in [-0.1, -0.05) is 18.2 Å². The van der Waals surface area contributed by atoms with Crippen LogP contribution in [-0.2, 0) is 16.1 Å². The highest BCUT2D eigenvalue weighted by Crippen LogP contribution is 2.18. The number of likely N-dealkylation sites (N-methyl/N-ethyl adjacent to an activating group) is 1. The molecule has 1 amide bonds. The van der Waals surface area contributed by atoms with Crippen molar-refractivity contribution in [3.05, 3.63) is 29.8 Å². The largest absolute Gasteiger partial charge is 0.496 e. The molecule has 4 heteroatoms. The second-order valence-electron chi connectivity index (χ2n) is 4.42. The van der Waals surface area contributed by atoms with E-state index in [1.165, 1.54) is 0 Å². The highest BCUT2D eigenvalue weighted by atomic mass is 16.5. The van der Waals surface area contributed by atoms with Crippen LogP contribution in [0.25, 0.3) is 0 Å². The summed E-state index contributed by atoms with van der Waals surface area (Å²) in [4.78, 5) is 13.5. The molecule has 1 rings (SSSR count). The monoisotopic (exact) mass is 251 g/mol. The van der Waals surface area contributed by atoms with Crippen LogP contribution in [0.15, 0.2) is 24.3 Å². The number of rotatable bonds is 6. The molecule has 0 radical (unpaired) electrons. The number of hydrogen-bond acceptors (Lipinski definition) is 3. The number of carbonyl (C=O) groups is 1. The molecule has 18 heavy (non-hydrogen) atoms. The lowest BCUT2D eigenvalue weighted by atomic mass is 10.2. The number of benzene rings is 1. The van der Waals surface area contributed by atoms with E-state index in [9.17, 15) is 4.79 Å². The summed E-state index contributed by atoms with van der Waals surface area (Å²) in [5.41, 5.74) is 0.986. The molecule has 0 spiro atoms. The zero-order valence-electron chi connectivity index (χ0n) is 11.5. The van der Waals surface area contributed by atoms with Gasteiger partial charge in [0, 0.05) is 19.2 Å². The average Bonchev–Trinajstić information content (AvgIpc) is 2.36. The topological polar surface area (TPSA) is 38.8 Å². The summed E-state index contributed by atoms with van der Waals surface area (Å²) in [6, 6.07) is 7.68. The van der Waals surface area contributed by atoms with Crippen molar-refractivity contribution in [1.82, 2.24) is 4.90 Å². The minimum absolute atomic E-state index is 0.0328. The molecule has 0 unspecified atom stereocenters. The van der Waals surface area contributed by atoms with Gasteiger partial charge >= 0.3 is 0 Å². The standard InChI is InChI=1S/C14H21NO3/c1-11(2)18-10-14(16)15(3)9-12-7-5-6-8-13(12)17-4/h5-8,11H,9-10H2,1-4H3. The number of para-hydroxylation sites is 1. The fourth-order valence-electron chi connectivity index (χ4n) is 1.53. The molecule has 4 nitrogen and oxygen atoms in total. The molecule has 0 saturated carbocycles. The van der Waals surface area contributed by atoms with Crippen LogP contribution in [0.1, 0.15) is 19.4 Å². The van der Waals surface area contributed by atoms with Crippen LogP contribution in [0.5, 0.6) is 5.75 Å². The van der Waals surface area contributed by atoms with Gasteiger partial charge in [0.15, 0.2) is 0 Å². The fourth-order valence-corrected chi connectivity index (χ4v) is 1.53. The molecule has 0 saturated heterocycles. The number of carbonyl (C=O) groups excluding carboxylic acids is 1. The smallest absolute Gasteiger partial charge is 0.248 e. The third-order valence-electron chi connectivity index (χ3n) is 2.57. The minimum atomic E-state index is -0.0328. The maximum atomic E-state index is 11.8. The Kier molecular flexibility index (Phi) is 5.65. The van der Waals surface area contributed by atoms with E-state index < -0.39 is 0 Å². The molecule has 0 fully saturated rings.